The lowest BCUT2D eigenvalue weighted by atomic mass is 10.3. The molecule has 3 aromatic rings. The van der Waals surface area contributed by atoms with Crippen molar-refractivity contribution >= 4 is 21.6 Å². The molecule has 0 aliphatic heterocycles. The Morgan fingerprint density at radius 3 is 2.79 bits per heavy atom. The van der Waals surface area contributed by atoms with Crippen molar-refractivity contribution in [3.8, 4) is 11.4 Å². The van der Waals surface area contributed by atoms with Crippen LogP contribution < -0.4 is 0 Å². The van der Waals surface area contributed by atoms with E-state index in [4.69, 9.17) is 0 Å². The van der Waals surface area contributed by atoms with E-state index >= 15 is 0 Å². The summed E-state index contributed by atoms with van der Waals surface area (Å²) in [5.41, 5.74) is 1.47. The molecule has 0 radical (unpaired) electrons. The van der Waals surface area contributed by atoms with E-state index in [0.717, 1.165) is 0 Å². The monoisotopic (exact) mass is 324 g/mol. The van der Waals surface area contributed by atoms with Gasteiger partial charge < -0.3 is 0 Å². The van der Waals surface area contributed by atoms with E-state index in [0.29, 0.717) is 29.4 Å². The van der Waals surface area contributed by atoms with Crippen molar-refractivity contribution in [1.82, 2.24) is 29.6 Å². The van der Waals surface area contributed by atoms with Crippen LogP contribution in [0.3, 0.4) is 0 Å². The third-order valence-corrected chi connectivity index (χ3v) is 3.32. The molecule has 0 aliphatic carbocycles. The first-order chi connectivity index (χ1) is 9.11. The first-order valence-corrected chi connectivity index (χ1v) is 6.52. The second-order valence-electron chi connectivity index (χ2n) is 4.00. The van der Waals surface area contributed by atoms with Gasteiger partial charge in [0.15, 0.2) is 21.9 Å². The highest BCUT2D eigenvalue weighted by Crippen LogP contribution is 2.26. The first kappa shape index (κ1) is 12.2. The molecule has 0 aliphatic rings. The predicted molar refractivity (Wildman–Crippen MR) is 70.1 cm³/mol. The summed E-state index contributed by atoms with van der Waals surface area (Å²) < 4.78 is 17.4. The van der Waals surface area contributed by atoms with E-state index in [1.54, 1.807) is 28.3 Å². The molecule has 3 aromatic heterocycles. The molecule has 6 nitrogen and oxygen atoms in total. The SMILES string of the molecule is CCn1nc(Br)c(F)c1-c1ccc2nnc(C)n2n1. The van der Waals surface area contributed by atoms with E-state index in [-0.39, 0.29) is 4.60 Å². The molecule has 0 saturated heterocycles. The summed E-state index contributed by atoms with van der Waals surface area (Å²) in [6.45, 7) is 4.24. The summed E-state index contributed by atoms with van der Waals surface area (Å²) in [7, 11) is 0. The third-order valence-electron chi connectivity index (χ3n) is 2.82. The molecule has 0 N–H and O–H groups in total. The van der Waals surface area contributed by atoms with Gasteiger partial charge in [0.2, 0.25) is 0 Å². The van der Waals surface area contributed by atoms with Gasteiger partial charge in [-0.1, -0.05) is 0 Å². The lowest BCUT2D eigenvalue weighted by molar-refractivity contribution is 0.617. The highest BCUT2D eigenvalue weighted by molar-refractivity contribution is 9.10. The van der Waals surface area contributed by atoms with Crippen LogP contribution in [0.2, 0.25) is 0 Å². The van der Waals surface area contributed by atoms with Crippen LogP contribution in [0.5, 0.6) is 0 Å². The molecule has 0 fully saturated rings. The van der Waals surface area contributed by atoms with Crippen molar-refractivity contribution < 1.29 is 4.39 Å². The topological polar surface area (TPSA) is 60.9 Å². The van der Waals surface area contributed by atoms with Crippen LogP contribution in [-0.2, 0) is 6.54 Å². The van der Waals surface area contributed by atoms with Crippen molar-refractivity contribution in [2.24, 2.45) is 0 Å². The Morgan fingerprint density at radius 2 is 2.05 bits per heavy atom. The molecule has 8 heteroatoms. The van der Waals surface area contributed by atoms with E-state index in [1.807, 2.05) is 6.92 Å². The van der Waals surface area contributed by atoms with Crippen LogP contribution in [0.15, 0.2) is 16.7 Å². The fraction of sp³-hybridized carbons (Fsp3) is 0.273. The first-order valence-electron chi connectivity index (χ1n) is 5.73. The zero-order valence-electron chi connectivity index (χ0n) is 10.3. The Morgan fingerprint density at radius 1 is 1.26 bits per heavy atom. The van der Waals surface area contributed by atoms with E-state index in [1.165, 1.54) is 0 Å². The van der Waals surface area contributed by atoms with Crippen molar-refractivity contribution in [3.05, 3.63) is 28.4 Å². The fourth-order valence-corrected chi connectivity index (χ4v) is 2.29. The summed E-state index contributed by atoms with van der Waals surface area (Å²) in [5, 5.41) is 16.3. The second kappa shape index (κ2) is 4.37. The quantitative estimate of drug-likeness (QED) is 0.725. The largest absolute Gasteiger partial charge is 0.259 e. The standard InChI is InChI=1S/C11H10BrFN6/c1-3-18-10(9(13)11(12)17-18)7-4-5-8-15-14-6(2)19(8)16-7/h4-5H,3H2,1-2H3. The van der Waals surface area contributed by atoms with Gasteiger partial charge in [-0.25, -0.2) is 4.39 Å². The average Bonchev–Trinajstić information content (AvgIpc) is 2.92. The van der Waals surface area contributed by atoms with Crippen molar-refractivity contribution in [2.45, 2.75) is 20.4 Å². The normalized spacial score (nSPS) is 11.4. The molecule has 0 unspecified atom stereocenters. The minimum atomic E-state index is -0.417. The number of halogens is 2. The molecular formula is C11H10BrFN6. The van der Waals surface area contributed by atoms with Crippen molar-refractivity contribution in [3.63, 3.8) is 0 Å². The number of fused-ring (bicyclic) bond motifs is 1. The maximum Gasteiger partial charge on any atom is 0.185 e. The lowest BCUT2D eigenvalue weighted by Gasteiger charge is -2.04. The van der Waals surface area contributed by atoms with Gasteiger partial charge >= 0.3 is 0 Å². The molecule has 0 atom stereocenters. The Labute approximate surface area is 116 Å². The molecule has 0 spiro atoms. The molecule has 0 bridgehead atoms. The number of hydrogen-bond donors (Lipinski definition) is 0. The van der Waals surface area contributed by atoms with Gasteiger partial charge in [-0.3, -0.25) is 4.68 Å². The van der Waals surface area contributed by atoms with Gasteiger partial charge in [-0.15, -0.1) is 10.2 Å². The van der Waals surface area contributed by atoms with Gasteiger partial charge in [0.1, 0.15) is 11.4 Å². The van der Waals surface area contributed by atoms with E-state index < -0.39 is 5.82 Å². The summed E-state index contributed by atoms with van der Waals surface area (Å²) in [6, 6.07) is 3.46. The smallest absolute Gasteiger partial charge is 0.185 e. The van der Waals surface area contributed by atoms with Crippen LogP contribution in [-0.4, -0.2) is 29.6 Å². The van der Waals surface area contributed by atoms with E-state index in [2.05, 4.69) is 36.3 Å². The minimum Gasteiger partial charge on any atom is -0.259 e. The minimum absolute atomic E-state index is 0.187. The second-order valence-corrected chi connectivity index (χ2v) is 4.76. The molecule has 98 valence electrons. The Balaban J connectivity index is 2.26. The summed E-state index contributed by atoms with van der Waals surface area (Å²) in [5.74, 6) is 0.235. The van der Waals surface area contributed by atoms with Crippen LogP contribution in [0, 0.1) is 12.7 Å². The van der Waals surface area contributed by atoms with Crippen molar-refractivity contribution in [1.29, 1.82) is 0 Å². The molecule has 3 heterocycles. The Hall–Kier alpha value is -1.83. The zero-order valence-corrected chi connectivity index (χ0v) is 11.9. The summed E-state index contributed by atoms with van der Waals surface area (Å²) in [6.07, 6.45) is 0. The Kier molecular flexibility index (Phi) is 2.81. The Bertz CT molecular complexity index is 762. The van der Waals surface area contributed by atoms with Crippen molar-refractivity contribution in [2.75, 3.05) is 0 Å². The highest BCUT2D eigenvalue weighted by Gasteiger charge is 2.19. The van der Waals surface area contributed by atoms with Gasteiger partial charge in [0.05, 0.1) is 0 Å². The number of hydrogen-bond acceptors (Lipinski definition) is 4. The maximum atomic E-state index is 14.1. The van der Waals surface area contributed by atoms with Crippen LogP contribution in [0.1, 0.15) is 12.7 Å². The van der Waals surface area contributed by atoms with Gasteiger partial charge in [-0.05, 0) is 41.9 Å². The fourth-order valence-electron chi connectivity index (χ4n) is 1.91. The molecule has 0 amide bonds. The van der Waals surface area contributed by atoms with E-state index in [9.17, 15) is 4.39 Å². The molecule has 0 aromatic carbocycles. The zero-order chi connectivity index (χ0) is 13.6. The molecular weight excluding hydrogens is 315 g/mol. The number of rotatable bonds is 2. The average molecular weight is 325 g/mol. The molecule has 19 heavy (non-hydrogen) atoms. The molecule has 3 rings (SSSR count). The molecule has 0 saturated carbocycles. The van der Waals surface area contributed by atoms with Gasteiger partial charge in [0, 0.05) is 6.54 Å². The number of aryl methyl sites for hydroxylation is 2. The summed E-state index contributed by atoms with van der Waals surface area (Å²) in [4.78, 5) is 0. The lowest BCUT2D eigenvalue weighted by Crippen LogP contribution is -2.03. The van der Waals surface area contributed by atoms with Crippen LogP contribution >= 0.6 is 15.9 Å². The highest BCUT2D eigenvalue weighted by atomic mass is 79.9. The number of aromatic nitrogens is 6. The number of nitrogens with zero attached hydrogens (tertiary/aromatic N) is 6. The maximum absolute atomic E-state index is 14.1. The van der Waals surface area contributed by atoms with Gasteiger partial charge in [-0.2, -0.15) is 14.7 Å². The van der Waals surface area contributed by atoms with Crippen LogP contribution in [0.25, 0.3) is 17.0 Å². The van der Waals surface area contributed by atoms with Crippen LogP contribution in [0.4, 0.5) is 4.39 Å². The third kappa shape index (κ3) is 1.83. The summed E-state index contributed by atoms with van der Waals surface area (Å²) >= 11 is 3.10. The van der Waals surface area contributed by atoms with Gasteiger partial charge in [0.25, 0.3) is 0 Å². The predicted octanol–water partition coefficient (Wildman–Crippen LogP) is 2.22.